The molecule has 0 atom stereocenters. The molecule has 0 fully saturated rings. The second-order valence-corrected chi connectivity index (χ2v) is 3.78. The highest BCUT2D eigenvalue weighted by atomic mass is 28.2. The van der Waals surface area contributed by atoms with Crippen LogP contribution in [0.25, 0.3) is 0 Å². The fourth-order valence-corrected chi connectivity index (χ4v) is 1.50. The average Bonchev–Trinajstić information content (AvgIpc) is 2.25. The minimum absolute atomic E-state index is 0.295. The minimum Gasteiger partial charge on any atom is -0.508 e. The Morgan fingerprint density at radius 2 is 2.07 bits per heavy atom. The molecule has 0 saturated heterocycles. The van der Waals surface area contributed by atoms with Crippen molar-refractivity contribution in [3.63, 3.8) is 0 Å². The zero-order chi connectivity index (χ0) is 10.9. The monoisotopic (exact) mass is 224 g/mol. The van der Waals surface area contributed by atoms with Gasteiger partial charge in [-0.3, -0.25) is 0 Å². The number of phenolic OH excluding ortho intramolecular Hbond substituents is 1. The quantitative estimate of drug-likeness (QED) is 0.568. The van der Waals surface area contributed by atoms with Crippen molar-refractivity contribution in [2.45, 2.75) is 19.6 Å². The van der Waals surface area contributed by atoms with E-state index >= 15 is 0 Å². The van der Waals surface area contributed by atoms with Crippen LogP contribution < -0.4 is 0 Å². The van der Waals surface area contributed by atoms with Gasteiger partial charge in [0, 0.05) is 18.8 Å². The van der Waals surface area contributed by atoms with Crippen LogP contribution in [0.4, 0.5) is 0 Å². The lowest BCUT2D eigenvalue weighted by Crippen LogP contribution is -2.02. The number of para-hydroxylation sites is 1. The van der Waals surface area contributed by atoms with E-state index in [1.54, 1.807) is 12.1 Å². The summed E-state index contributed by atoms with van der Waals surface area (Å²) in [6.45, 7) is 3.87. The number of hydrogen-bond donors (Lipinski definition) is 1. The van der Waals surface area contributed by atoms with Gasteiger partial charge in [0.1, 0.15) is 5.75 Å². The van der Waals surface area contributed by atoms with E-state index in [-0.39, 0.29) is 0 Å². The normalized spacial score (nSPS) is 10.5. The molecule has 1 aromatic rings. The minimum atomic E-state index is 0.295. The molecule has 3 nitrogen and oxygen atoms in total. The Labute approximate surface area is 93.0 Å². The summed E-state index contributed by atoms with van der Waals surface area (Å²) in [5, 5.41) is 9.45. The van der Waals surface area contributed by atoms with E-state index < -0.39 is 0 Å². The smallest absolute Gasteiger partial charge is 0.226 e. The first-order valence-corrected chi connectivity index (χ1v) is 6.38. The molecule has 0 aliphatic heterocycles. The first-order valence-electron chi connectivity index (χ1n) is 4.97. The molecule has 0 aliphatic rings. The van der Waals surface area contributed by atoms with E-state index in [0.717, 1.165) is 18.6 Å². The molecule has 0 bridgehead atoms. The van der Waals surface area contributed by atoms with Gasteiger partial charge in [-0.1, -0.05) is 18.2 Å². The van der Waals surface area contributed by atoms with Gasteiger partial charge in [-0.05, 0) is 19.0 Å². The highest BCUT2D eigenvalue weighted by Gasteiger charge is 1.98. The molecule has 1 aromatic carbocycles. The van der Waals surface area contributed by atoms with Crippen molar-refractivity contribution in [3.05, 3.63) is 29.8 Å². The Kier molecular flexibility index (Phi) is 6.07. The van der Waals surface area contributed by atoms with Crippen molar-refractivity contribution in [2.24, 2.45) is 0 Å². The summed E-state index contributed by atoms with van der Waals surface area (Å²) in [5.74, 6) is 0.295. The van der Waals surface area contributed by atoms with Crippen LogP contribution >= 0.6 is 0 Å². The molecule has 1 rings (SSSR count). The zero-order valence-electron chi connectivity index (χ0n) is 8.90. The second kappa shape index (κ2) is 7.45. The standard InChI is InChI=1S/C11H16O3Si/c1-15-14-8-4-7-13-9-10-5-2-3-6-11(10)12/h2-3,5-6,12H,4,7-9H2,1H3. The lowest BCUT2D eigenvalue weighted by molar-refractivity contribution is 0.106. The van der Waals surface area contributed by atoms with Gasteiger partial charge in [-0.25, -0.2) is 0 Å². The van der Waals surface area contributed by atoms with Gasteiger partial charge in [0.05, 0.1) is 6.61 Å². The molecule has 0 spiro atoms. The van der Waals surface area contributed by atoms with Gasteiger partial charge in [-0.2, -0.15) is 0 Å². The molecule has 0 aromatic heterocycles. The van der Waals surface area contributed by atoms with Gasteiger partial charge in [-0.15, -0.1) is 0 Å². The van der Waals surface area contributed by atoms with Crippen LogP contribution in [0.3, 0.4) is 0 Å². The summed E-state index contributed by atoms with van der Waals surface area (Å²) in [6, 6.07) is 7.22. The fraction of sp³-hybridized carbons (Fsp3) is 0.455. The van der Waals surface area contributed by atoms with Gasteiger partial charge < -0.3 is 14.3 Å². The molecule has 0 amide bonds. The maximum Gasteiger partial charge on any atom is 0.226 e. The van der Waals surface area contributed by atoms with Crippen molar-refractivity contribution in [1.29, 1.82) is 0 Å². The van der Waals surface area contributed by atoms with Crippen LogP contribution in [0.15, 0.2) is 24.3 Å². The first kappa shape index (κ1) is 12.2. The largest absolute Gasteiger partial charge is 0.508 e. The molecule has 1 N–H and O–H groups in total. The third-order valence-electron chi connectivity index (χ3n) is 1.93. The summed E-state index contributed by atoms with van der Waals surface area (Å²) >= 11 is 0. The number of rotatable bonds is 7. The Hall–Kier alpha value is -0.843. The van der Waals surface area contributed by atoms with Gasteiger partial charge in [0.2, 0.25) is 9.76 Å². The molecular weight excluding hydrogens is 208 g/mol. The maximum atomic E-state index is 9.45. The summed E-state index contributed by atoms with van der Waals surface area (Å²) in [4.78, 5) is 0. The third kappa shape index (κ3) is 4.97. The first-order chi connectivity index (χ1) is 7.34. The van der Waals surface area contributed by atoms with Crippen LogP contribution in [0.1, 0.15) is 12.0 Å². The molecule has 0 unspecified atom stereocenters. The van der Waals surface area contributed by atoms with Crippen LogP contribution in [-0.4, -0.2) is 28.1 Å². The Morgan fingerprint density at radius 1 is 1.27 bits per heavy atom. The molecule has 0 aliphatic carbocycles. The maximum absolute atomic E-state index is 9.45. The van der Waals surface area contributed by atoms with E-state index in [9.17, 15) is 5.11 Å². The van der Waals surface area contributed by atoms with Crippen molar-refractivity contribution >= 4 is 9.76 Å². The summed E-state index contributed by atoms with van der Waals surface area (Å²) in [6.07, 6.45) is 0.897. The Morgan fingerprint density at radius 3 is 2.80 bits per heavy atom. The molecular formula is C11H16O3Si. The van der Waals surface area contributed by atoms with Gasteiger partial charge in [0.25, 0.3) is 0 Å². The molecule has 15 heavy (non-hydrogen) atoms. The van der Waals surface area contributed by atoms with E-state index in [2.05, 4.69) is 0 Å². The van der Waals surface area contributed by atoms with Gasteiger partial charge >= 0.3 is 0 Å². The highest BCUT2D eigenvalue weighted by Crippen LogP contribution is 2.16. The fourth-order valence-electron chi connectivity index (χ4n) is 1.15. The second-order valence-electron chi connectivity index (χ2n) is 3.09. The van der Waals surface area contributed by atoms with Crippen LogP contribution in [0.2, 0.25) is 6.55 Å². The lowest BCUT2D eigenvalue weighted by Gasteiger charge is -2.05. The topological polar surface area (TPSA) is 38.7 Å². The number of aromatic hydroxyl groups is 1. The predicted octanol–water partition coefficient (Wildman–Crippen LogP) is 1.98. The molecule has 2 radical (unpaired) electrons. The molecule has 82 valence electrons. The van der Waals surface area contributed by atoms with Crippen molar-refractivity contribution < 1.29 is 14.3 Å². The molecule has 4 heteroatoms. The van der Waals surface area contributed by atoms with E-state index in [0.29, 0.717) is 28.7 Å². The zero-order valence-corrected chi connectivity index (χ0v) is 9.90. The summed E-state index contributed by atoms with van der Waals surface area (Å²) < 4.78 is 10.6. The average molecular weight is 224 g/mol. The number of ether oxygens (including phenoxy) is 1. The SMILES string of the molecule is C[Si]OCCCOCc1ccccc1O. The van der Waals surface area contributed by atoms with Crippen molar-refractivity contribution in [3.8, 4) is 5.75 Å². The van der Waals surface area contributed by atoms with Crippen molar-refractivity contribution in [1.82, 2.24) is 0 Å². The number of phenols is 1. The van der Waals surface area contributed by atoms with E-state index in [1.165, 1.54) is 0 Å². The summed E-state index contributed by atoms with van der Waals surface area (Å²) in [7, 11) is 0.545. The molecule has 0 heterocycles. The third-order valence-corrected chi connectivity index (χ3v) is 2.42. The van der Waals surface area contributed by atoms with E-state index in [1.807, 2.05) is 18.7 Å². The summed E-state index contributed by atoms with van der Waals surface area (Å²) in [5.41, 5.74) is 0.829. The van der Waals surface area contributed by atoms with Crippen LogP contribution in [0.5, 0.6) is 5.75 Å². The lowest BCUT2D eigenvalue weighted by atomic mass is 10.2. The number of hydrogen-bond acceptors (Lipinski definition) is 3. The van der Waals surface area contributed by atoms with E-state index in [4.69, 9.17) is 9.16 Å². The Balaban J connectivity index is 2.12. The highest BCUT2D eigenvalue weighted by molar-refractivity contribution is 6.24. The molecule has 0 saturated carbocycles. The van der Waals surface area contributed by atoms with Crippen molar-refractivity contribution in [2.75, 3.05) is 13.2 Å². The van der Waals surface area contributed by atoms with Crippen LogP contribution in [-0.2, 0) is 15.8 Å². The predicted molar refractivity (Wildman–Crippen MR) is 59.9 cm³/mol. The van der Waals surface area contributed by atoms with Crippen LogP contribution in [0, 0.1) is 0 Å². The number of benzene rings is 1. The van der Waals surface area contributed by atoms with Gasteiger partial charge in [0.15, 0.2) is 0 Å². The Bertz CT molecular complexity index is 278.